The minimum Gasteiger partial charge on any atom is -0.497 e. The molecule has 7 heteroatoms. The molecule has 30 heavy (non-hydrogen) atoms. The molecule has 3 aromatic rings. The fourth-order valence-corrected chi connectivity index (χ4v) is 5.12. The minimum atomic E-state index is -3.81. The highest BCUT2D eigenvalue weighted by Crippen LogP contribution is 2.37. The Morgan fingerprint density at radius 3 is 2.20 bits per heavy atom. The van der Waals surface area contributed by atoms with Crippen LogP contribution in [-0.4, -0.2) is 25.7 Å². The number of sulfonamides is 1. The van der Waals surface area contributed by atoms with E-state index < -0.39 is 16.1 Å². The summed E-state index contributed by atoms with van der Waals surface area (Å²) in [4.78, 5) is 0.231. The van der Waals surface area contributed by atoms with Crippen molar-refractivity contribution in [2.75, 3.05) is 7.11 Å². The molecule has 0 fully saturated rings. The molecule has 1 heterocycles. The highest BCUT2D eigenvalue weighted by atomic mass is 79.9. The van der Waals surface area contributed by atoms with Crippen LogP contribution in [0.25, 0.3) is 0 Å². The highest BCUT2D eigenvalue weighted by Gasteiger charge is 2.37. The van der Waals surface area contributed by atoms with Gasteiger partial charge in [0.25, 0.3) is 10.0 Å². The molecule has 0 unspecified atom stereocenters. The lowest BCUT2D eigenvalue weighted by Gasteiger charge is -2.23. The fraction of sp³-hybridized carbons (Fsp3) is 0.174. The van der Waals surface area contributed by atoms with Gasteiger partial charge in [-0.3, -0.25) is 0 Å². The van der Waals surface area contributed by atoms with Gasteiger partial charge in [0.1, 0.15) is 5.75 Å². The molecule has 0 amide bonds. The first-order valence-corrected chi connectivity index (χ1v) is 11.7. The maximum Gasteiger partial charge on any atom is 0.279 e. The summed E-state index contributed by atoms with van der Waals surface area (Å²) < 4.78 is 34.3. The number of rotatable bonds is 5. The zero-order chi connectivity index (χ0) is 21.3. The van der Waals surface area contributed by atoms with Crippen LogP contribution in [0.15, 0.2) is 87.3 Å². The Hall–Kier alpha value is -2.64. The van der Waals surface area contributed by atoms with Gasteiger partial charge in [0.05, 0.1) is 23.8 Å². The Labute approximate surface area is 185 Å². The van der Waals surface area contributed by atoms with Crippen LogP contribution in [0.1, 0.15) is 29.2 Å². The number of halogens is 1. The van der Waals surface area contributed by atoms with E-state index in [1.54, 1.807) is 31.4 Å². The smallest absolute Gasteiger partial charge is 0.279 e. The van der Waals surface area contributed by atoms with E-state index in [-0.39, 0.29) is 4.90 Å². The van der Waals surface area contributed by atoms with E-state index in [9.17, 15) is 8.42 Å². The molecular weight excluding hydrogens is 464 g/mol. The Morgan fingerprint density at radius 2 is 1.60 bits per heavy atom. The van der Waals surface area contributed by atoms with Crippen molar-refractivity contribution in [3.63, 3.8) is 0 Å². The zero-order valence-electron chi connectivity index (χ0n) is 16.6. The molecule has 0 aromatic heterocycles. The lowest BCUT2D eigenvalue weighted by molar-refractivity contribution is 0.371. The summed E-state index contributed by atoms with van der Waals surface area (Å²) in [5, 5.41) is 4.57. The number of nitrogens with zero attached hydrogens (tertiary/aromatic N) is 2. The number of benzene rings is 3. The molecule has 0 saturated heterocycles. The van der Waals surface area contributed by atoms with Gasteiger partial charge in [-0.2, -0.15) is 17.9 Å². The van der Waals surface area contributed by atoms with Crippen LogP contribution in [0.2, 0.25) is 0 Å². The van der Waals surface area contributed by atoms with Crippen molar-refractivity contribution in [1.82, 2.24) is 4.41 Å². The largest absolute Gasteiger partial charge is 0.497 e. The summed E-state index contributed by atoms with van der Waals surface area (Å²) in [7, 11) is -2.19. The molecule has 1 aliphatic rings. The van der Waals surface area contributed by atoms with Gasteiger partial charge in [0, 0.05) is 10.9 Å². The molecule has 1 atom stereocenters. The van der Waals surface area contributed by atoms with Crippen LogP contribution in [0.5, 0.6) is 5.75 Å². The van der Waals surface area contributed by atoms with Gasteiger partial charge < -0.3 is 4.74 Å². The molecule has 0 saturated carbocycles. The van der Waals surface area contributed by atoms with Crippen molar-refractivity contribution in [1.29, 1.82) is 0 Å². The first-order chi connectivity index (χ1) is 14.4. The van der Waals surface area contributed by atoms with Gasteiger partial charge in [-0.05, 0) is 66.6 Å². The standard InChI is InChI=1S/C23H21BrN2O3S/c1-16-3-13-21(14-4-16)30(27,28)26-23(18-5-9-19(24)10-6-18)15-22(25-26)17-7-11-20(29-2)12-8-17/h3-14,23H,15H2,1-2H3/t23-/m1/s1. The molecule has 4 rings (SSSR count). The second-order valence-electron chi connectivity index (χ2n) is 7.14. The zero-order valence-corrected chi connectivity index (χ0v) is 19.0. The predicted octanol–water partition coefficient (Wildman–Crippen LogP) is 5.31. The molecule has 0 N–H and O–H groups in total. The maximum absolute atomic E-state index is 13.5. The molecule has 0 aliphatic carbocycles. The normalized spacial score (nSPS) is 16.4. The van der Waals surface area contributed by atoms with Gasteiger partial charge >= 0.3 is 0 Å². The second kappa shape index (κ2) is 8.24. The van der Waals surface area contributed by atoms with E-state index in [0.29, 0.717) is 6.42 Å². The molecule has 0 radical (unpaired) electrons. The molecular formula is C23H21BrN2O3S. The molecule has 0 bridgehead atoms. The molecule has 154 valence electrons. The summed E-state index contributed by atoms with van der Waals surface area (Å²) in [6.07, 6.45) is 0.485. The molecule has 3 aromatic carbocycles. The van der Waals surface area contributed by atoms with Crippen LogP contribution in [0, 0.1) is 6.92 Å². The van der Waals surface area contributed by atoms with Gasteiger partial charge in [0.15, 0.2) is 0 Å². The van der Waals surface area contributed by atoms with Gasteiger partial charge in [-0.15, -0.1) is 0 Å². The van der Waals surface area contributed by atoms with Crippen LogP contribution in [0.4, 0.5) is 0 Å². The minimum absolute atomic E-state index is 0.231. The van der Waals surface area contributed by atoms with Crippen LogP contribution < -0.4 is 4.74 Å². The summed E-state index contributed by atoms with van der Waals surface area (Å²) >= 11 is 3.44. The van der Waals surface area contributed by atoms with E-state index in [2.05, 4.69) is 21.0 Å². The van der Waals surface area contributed by atoms with Crippen LogP contribution in [-0.2, 0) is 10.0 Å². The number of hydrogen-bond donors (Lipinski definition) is 0. The fourth-order valence-electron chi connectivity index (χ4n) is 3.42. The number of hydrogen-bond acceptors (Lipinski definition) is 4. The molecule has 1 aliphatic heterocycles. The Kier molecular flexibility index (Phi) is 5.66. The van der Waals surface area contributed by atoms with Gasteiger partial charge in [-0.1, -0.05) is 45.8 Å². The SMILES string of the molecule is COc1ccc(C2=NN(S(=O)(=O)c3ccc(C)cc3)[C@@H](c3ccc(Br)cc3)C2)cc1. The topological polar surface area (TPSA) is 59.0 Å². The Bertz CT molecular complexity index is 1170. The first-order valence-electron chi connectivity index (χ1n) is 9.47. The summed E-state index contributed by atoms with van der Waals surface area (Å²) in [5.41, 5.74) is 3.49. The summed E-state index contributed by atoms with van der Waals surface area (Å²) in [6, 6.07) is 21.6. The van der Waals surface area contributed by atoms with E-state index in [1.165, 1.54) is 4.41 Å². The average molecular weight is 485 g/mol. The van der Waals surface area contributed by atoms with E-state index in [4.69, 9.17) is 4.74 Å². The van der Waals surface area contributed by atoms with Crippen molar-refractivity contribution in [2.24, 2.45) is 5.10 Å². The average Bonchev–Trinajstić information content (AvgIpc) is 3.21. The summed E-state index contributed by atoms with van der Waals surface area (Å²) in [5.74, 6) is 0.742. The lowest BCUT2D eigenvalue weighted by Crippen LogP contribution is -2.27. The predicted molar refractivity (Wildman–Crippen MR) is 121 cm³/mol. The Morgan fingerprint density at radius 1 is 0.967 bits per heavy atom. The quantitative estimate of drug-likeness (QED) is 0.493. The Balaban J connectivity index is 1.77. The van der Waals surface area contributed by atoms with Gasteiger partial charge in [0.2, 0.25) is 0 Å². The van der Waals surface area contributed by atoms with Crippen molar-refractivity contribution in [2.45, 2.75) is 24.3 Å². The van der Waals surface area contributed by atoms with Crippen LogP contribution in [0.3, 0.4) is 0 Å². The van der Waals surface area contributed by atoms with E-state index in [0.717, 1.165) is 32.6 Å². The van der Waals surface area contributed by atoms with Crippen molar-refractivity contribution >= 4 is 31.7 Å². The molecule has 0 spiro atoms. The number of aryl methyl sites for hydroxylation is 1. The maximum atomic E-state index is 13.5. The van der Waals surface area contributed by atoms with Gasteiger partial charge in [-0.25, -0.2) is 0 Å². The third-order valence-electron chi connectivity index (χ3n) is 5.12. The van der Waals surface area contributed by atoms with Crippen LogP contribution >= 0.6 is 15.9 Å². The van der Waals surface area contributed by atoms with E-state index in [1.807, 2.05) is 55.5 Å². The lowest BCUT2D eigenvalue weighted by atomic mass is 9.99. The molecule has 5 nitrogen and oxygen atoms in total. The number of hydrazone groups is 1. The summed E-state index contributed by atoms with van der Waals surface area (Å²) in [6.45, 7) is 1.93. The number of ether oxygens (including phenoxy) is 1. The first kappa shape index (κ1) is 20.6. The van der Waals surface area contributed by atoms with E-state index >= 15 is 0 Å². The van der Waals surface area contributed by atoms with Crippen molar-refractivity contribution in [3.05, 3.63) is 94.0 Å². The van der Waals surface area contributed by atoms with Crippen molar-refractivity contribution in [3.8, 4) is 5.75 Å². The third kappa shape index (κ3) is 4.00. The monoisotopic (exact) mass is 484 g/mol. The number of methoxy groups -OCH3 is 1. The second-order valence-corrected chi connectivity index (χ2v) is 9.85. The van der Waals surface area contributed by atoms with Crippen molar-refractivity contribution < 1.29 is 13.2 Å². The highest BCUT2D eigenvalue weighted by molar-refractivity contribution is 9.10. The third-order valence-corrected chi connectivity index (χ3v) is 7.34.